The summed E-state index contributed by atoms with van der Waals surface area (Å²) in [7, 11) is -3.96. The minimum Gasteiger partial charge on any atom is -0.487 e. The van der Waals surface area contributed by atoms with E-state index in [0.717, 1.165) is 28.0 Å². The van der Waals surface area contributed by atoms with E-state index in [2.05, 4.69) is 5.32 Å². The predicted molar refractivity (Wildman–Crippen MR) is 138 cm³/mol. The fourth-order valence-electron chi connectivity index (χ4n) is 4.59. The molecule has 1 unspecified atom stereocenters. The van der Waals surface area contributed by atoms with Crippen LogP contribution in [-0.4, -0.2) is 26.5 Å². The monoisotopic (exact) mass is 492 g/mol. The summed E-state index contributed by atoms with van der Waals surface area (Å²) >= 11 is 0. The number of nitrogens with zero attached hydrogens (tertiary/aromatic N) is 1. The van der Waals surface area contributed by atoms with Crippen LogP contribution in [0.2, 0.25) is 0 Å². The average Bonchev–Trinajstić information content (AvgIpc) is 2.76. The second kappa shape index (κ2) is 9.38. The summed E-state index contributed by atoms with van der Waals surface area (Å²) in [6, 6.07) is 19.4. The van der Waals surface area contributed by atoms with Crippen LogP contribution in [0.3, 0.4) is 0 Å². The normalized spacial score (nSPS) is 16.7. The number of anilines is 1. The molecule has 184 valence electrons. The molecule has 1 aliphatic rings. The van der Waals surface area contributed by atoms with Crippen LogP contribution in [0.5, 0.6) is 5.75 Å². The minimum atomic E-state index is -3.96. The molecular weight excluding hydrogens is 460 g/mol. The van der Waals surface area contributed by atoms with Crippen molar-refractivity contribution in [2.45, 2.75) is 57.6 Å². The highest BCUT2D eigenvalue weighted by atomic mass is 32.2. The summed E-state index contributed by atoms with van der Waals surface area (Å²) in [6.07, 6.45) is 0.573. The molecule has 0 aliphatic carbocycles. The molecule has 1 aliphatic heterocycles. The van der Waals surface area contributed by atoms with Gasteiger partial charge in [-0.15, -0.1) is 0 Å². The molecule has 6 nitrogen and oxygen atoms in total. The molecular formula is C28H32N2O4S. The first-order valence-electron chi connectivity index (χ1n) is 11.7. The van der Waals surface area contributed by atoms with E-state index >= 15 is 0 Å². The molecule has 0 saturated heterocycles. The lowest BCUT2D eigenvalue weighted by molar-refractivity contribution is -0.120. The van der Waals surface area contributed by atoms with Gasteiger partial charge in [0.2, 0.25) is 5.91 Å². The van der Waals surface area contributed by atoms with E-state index in [9.17, 15) is 13.2 Å². The fraction of sp³-hybridized carbons (Fsp3) is 0.321. The first kappa shape index (κ1) is 24.8. The highest BCUT2D eigenvalue weighted by Gasteiger charge is 2.35. The molecule has 4 rings (SSSR count). The lowest BCUT2D eigenvalue weighted by Crippen LogP contribution is -2.45. The van der Waals surface area contributed by atoms with E-state index in [1.807, 2.05) is 58.9 Å². The van der Waals surface area contributed by atoms with Gasteiger partial charge in [0, 0.05) is 12.0 Å². The summed E-state index contributed by atoms with van der Waals surface area (Å²) in [5.74, 6) is 0.368. The van der Waals surface area contributed by atoms with E-state index in [1.165, 1.54) is 4.31 Å². The number of ether oxygens (including phenoxy) is 1. The zero-order chi connectivity index (χ0) is 25.4. The molecule has 3 aromatic carbocycles. The molecule has 1 heterocycles. The van der Waals surface area contributed by atoms with Crippen LogP contribution in [0.15, 0.2) is 71.6 Å². The zero-order valence-electron chi connectivity index (χ0n) is 20.8. The zero-order valence-corrected chi connectivity index (χ0v) is 21.6. The number of rotatable bonds is 6. The van der Waals surface area contributed by atoms with Crippen molar-refractivity contribution in [1.29, 1.82) is 0 Å². The van der Waals surface area contributed by atoms with Crippen molar-refractivity contribution >= 4 is 21.6 Å². The van der Waals surface area contributed by atoms with Gasteiger partial charge in [-0.3, -0.25) is 9.10 Å². The lowest BCUT2D eigenvalue weighted by atomic mass is 9.89. The Morgan fingerprint density at radius 2 is 1.63 bits per heavy atom. The molecule has 35 heavy (non-hydrogen) atoms. The highest BCUT2D eigenvalue weighted by molar-refractivity contribution is 7.92. The van der Waals surface area contributed by atoms with Gasteiger partial charge in [-0.05, 0) is 81.6 Å². The van der Waals surface area contributed by atoms with Crippen molar-refractivity contribution in [3.8, 4) is 5.75 Å². The Hall–Kier alpha value is -3.32. The van der Waals surface area contributed by atoms with E-state index < -0.39 is 15.6 Å². The largest absolute Gasteiger partial charge is 0.487 e. The molecule has 1 atom stereocenters. The van der Waals surface area contributed by atoms with Gasteiger partial charge in [0.25, 0.3) is 10.0 Å². The Bertz CT molecular complexity index is 1330. The number of benzene rings is 3. The van der Waals surface area contributed by atoms with Crippen LogP contribution >= 0.6 is 0 Å². The van der Waals surface area contributed by atoms with Crippen molar-refractivity contribution in [1.82, 2.24) is 5.32 Å². The Kier molecular flexibility index (Phi) is 6.64. The van der Waals surface area contributed by atoms with Gasteiger partial charge in [-0.25, -0.2) is 8.42 Å². The second-order valence-corrected chi connectivity index (χ2v) is 11.8. The number of aryl methyl sites for hydroxylation is 3. The van der Waals surface area contributed by atoms with Crippen molar-refractivity contribution in [3.63, 3.8) is 0 Å². The molecule has 0 spiro atoms. The minimum absolute atomic E-state index is 0.139. The number of carbonyl (C=O) groups excluding carboxylic acids is 1. The average molecular weight is 493 g/mol. The van der Waals surface area contributed by atoms with Crippen LogP contribution < -0.4 is 14.4 Å². The van der Waals surface area contributed by atoms with E-state index in [-0.39, 0.29) is 23.4 Å². The number of hydrogen-bond acceptors (Lipinski definition) is 4. The van der Waals surface area contributed by atoms with Crippen LogP contribution in [0.1, 0.15) is 48.6 Å². The maximum Gasteiger partial charge on any atom is 0.264 e. The van der Waals surface area contributed by atoms with Crippen LogP contribution in [0, 0.1) is 20.8 Å². The SMILES string of the molecule is Cc1cc(C)cc(N(CC(=O)NC2CC(C)(C)Oc3cc(C)ccc32)S(=O)(=O)c2ccccc2)c1. The molecule has 7 heteroatoms. The quantitative estimate of drug-likeness (QED) is 0.512. The van der Waals surface area contributed by atoms with E-state index in [0.29, 0.717) is 12.1 Å². The van der Waals surface area contributed by atoms with Crippen LogP contribution in [0.25, 0.3) is 0 Å². The highest BCUT2D eigenvalue weighted by Crippen LogP contribution is 2.40. The molecule has 0 bridgehead atoms. The van der Waals surface area contributed by atoms with Gasteiger partial charge in [-0.2, -0.15) is 0 Å². The van der Waals surface area contributed by atoms with Gasteiger partial charge < -0.3 is 10.1 Å². The molecule has 0 fully saturated rings. The van der Waals surface area contributed by atoms with Crippen molar-refractivity contribution in [2.75, 3.05) is 10.8 Å². The first-order chi connectivity index (χ1) is 16.4. The van der Waals surface area contributed by atoms with Gasteiger partial charge in [0.15, 0.2) is 0 Å². The summed E-state index contributed by atoms with van der Waals surface area (Å²) in [5, 5.41) is 3.08. The van der Waals surface area contributed by atoms with Crippen molar-refractivity contribution in [2.24, 2.45) is 0 Å². The number of hydrogen-bond donors (Lipinski definition) is 1. The Balaban J connectivity index is 1.67. The van der Waals surface area contributed by atoms with E-state index in [1.54, 1.807) is 42.5 Å². The molecule has 3 aromatic rings. The smallest absolute Gasteiger partial charge is 0.264 e. The number of fused-ring (bicyclic) bond motifs is 1. The predicted octanol–water partition coefficient (Wildman–Crippen LogP) is 5.23. The Morgan fingerprint density at radius 1 is 0.971 bits per heavy atom. The third-order valence-electron chi connectivity index (χ3n) is 6.07. The molecule has 0 saturated carbocycles. The third kappa shape index (κ3) is 5.51. The second-order valence-electron chi connectivity index (χ2n) is 9.90. The van der Waals surface area contributed by atoms with Gasteiger partial charge in [-0.1, -0.05) is 36.4 Å². The molecule has 0 aromatic heterocycles. The Morgan fingerprint density at radius 3 is 2.29 bits per heavy atom. The maximum absolute atomic E-state index is 13.6. The van der Waals surface area contributed by atoms with Crippen molar-refractivity contribution in [3.05, 3.63) is 89.0 Å². The fourth-order valence-corrected chi connectivity index (χ4v) is 6.01. The van der Waals surface area contributed by atoms with Crippen LogP contribution in [-0.2, 0) is 14.8 Å². The third-order valence-corrected chi connectivity index (χ3v) is 7.86. The summed E-state index contributed by atoms with van der Waals surface area (Å²) in [4.78, 5) is 13.5. The van der Waals surface area contributed by atoms with Gasteiger partial charge >= 0.3 is 0 Å². The molecule has 1 amide bonds. The van der Waals surface area contributed by atoms with Gasteiger partial charge in [0.05, 0.1) is 16.6 Å². The summed E-state index contributed by atoms with van der Waals surface area (Å²) < 4.78 is 34.6. The summed E-state index contributed by atoms with van der Waals surface area (Å²) in [5.41, 5.74) is 3.80. The number of amides is 1. The number of carbonyl (C=O) groups is 1. The van der Waals surface area contributed by atoms with Crippen molar-refractivity contribution < 1.29 is 17.9 Å². The number of nitrogens with one attached hydrogen (secondary N) is 1. The first-order valence-corrected chi connectivity index (χ1v) is 13.1. The lowest BCUT2D eigenvalue weighted by Gasteiger charge is -2.38. The maximum atomic E-state index is 13.6. The van der Waals surface area contributed by atoms with Gasteiger partial charge in [0.1, 0.15) is 17.9 Å². The summed E-state index contributed by atoms with van der Waals surface area (Å²) in [6.45, 7) is 9.45. The topological polar surface area (TPSA) is 75.7 Å². The standard InChI is InChI=1S/C28H32N2O4S/c1-19-11-12-24-25(17-28(4,5)34-26(24)16-19)29-27(31)18-30(22-14-20(2)13-21(3)15-22)35(32,33)23-9-7-6-8-10-23/h6-16,25H,17-18H2,1-5H3,(H,29,31). The van der Waals surface area contributed by atoms with Crippen LogP contribution in [0.4, 0.5) is 5.69 Å². The van der Waals surface area contributed by atoms with E-state index in [4.69, 9.17) is 4.74 Å². The Labute approximate surface area is 208 Å². The molecule has 0 radical (unpaired) electrons. The molecule has 1 N–H and O–H groups in total. The number of sulfonamides is 1.